The van der Waals surface area contributed by atoms with Crippen molar-refractivity contribution in [1.82, 2.24) is 9.80 Å². The van der Waals surface area contributed by atoms with Crippen molar-refractivity contribution in [2.24, 2.45) is 0 Å². The first-order chi connectivity index (χ1) is 10.5. The lowest BCUT2D eigenvalue weighted by atomic mass is 9.91. The minimum Gasteiger partial charge on any atom is -0.345 e. The minimum absolute atomic E-state index is 0.151. The van der Waals surface area contributed by atoms with Crippen LogP contribution in [0.4, 0.5) is 0 Å². The maximum absolute atomic E-state index is 12.5. The number of rotatable bonds is 2. The fourth-order valence-corrected chi connectivity index (χ4v) is 2.86. The predicted octanol–water partition coefficient (Wildman–Crippen LogP) is 2.16. The molecule has 0 unspecified atom stereocenters. The molecule has 0 radical (unpaired) electrons. The highest BCUT2D eigenvalue weighted by molar-refractivity contribution is 6.27. The third-order valence-electron chi connectivity index (χ3n) is 3.94. The summed E-state index contributed by atoms with van der Waals surface area (Å²) in [6, 6.07) is 8.52. The smallest absolute Gasteiger partial charge is 0.261 e. The lowest BCUT2D eigenvalue weighted by molar-refractivity contribution is 0.0618. The van der Waals surface area contributed by atoms with E-state index in [0.29, 0.717) is 34.0 Å². The number of hydrogen-bond acceptors (Lipinski definition) is 3. The molecule has 2 aromatic carbocycles. The molecular formula is C17H16N2O3. The molecule has 0 fully saturated rings. The maximum atomic E-state index is 12.5. The molecule has 112 valence electrons. The highest BCUT2D eigenvalue weighted by Crippen LogP contribution is 2.32. The van der Waals surface area contributed by atoms with Crippen LogP contribution in [0.2, 0.25) is 0 Å². The summed E-state index contributed by atoms with van der Waals surface area (Å²) in [6.45, 7) is 2.09. The third kappa shape index (κ3) is 1.82. The van der Waals surface area contributed by atoms with Gasteiger partial charge in [0.05, 0.1) is 0 Å². The lowest BCUT2D eigenvalue weighted by Gasteiger charge is -2.26. The van der Waals surface area contributed by atoms with Gasteiger partial charge in [0.25, 0.3) is 17.7 Å². The molecule has 1 aliphatic rings. The van der Waals surface area contributed by atoms with Gasteiger partial charge in [-0.05, 0) is 30.5 Å². The zero-order chi connectivity index (χ0) is 16.0. The van der Waals surface area contributed by atoms with E-state index in [2.05, 4.69) is 0 Å². The van der Waals surface area contributed by atoms with Gasteiger partial charge in [0, 0.05) is 42.7 Å². The van der Waals surface area contributed by atoms with E-state index in [1.54, 1.807) is 51.4 Å². The fraction of sp³-hybridized carbons (Fsp3) is 0.235. The number of amides is 3. The Hall–Kier alpha value is -2.69. The van der Waals surface area contributed by atoms with Gasteiger partial charge in [0.2, 0.25) is 0 Å². The van der Waals surface area contributed by atoms with Gasteiger partial charge in [-0.2, -0.15) is 0 Å². The first-order valence-electron chi connectivity index (χ1n) is 7.11. The fourth-order valence-electron chi connectivity index (χ4n) is 2.86. The Bertz CT molecular complexity index is 802. The van der Waals surface area contributed by atoms with E-state index < -0.39 is 0 Å². The normalized spacial score (nSPS) is 13.7. The average molecular weight is 296 g/mol. The molecule has 0 N–H and O–H groups in total. The highest BCUT2D eigenvalue weighted by Gasteiger charge is 2.32. The standard InChI is InChI=1S/C17H16N2O3/c1-4-19-16(21)12-7-5-6-10-11(15(20)18(2)3)8-9-13(14(10)12)17(19)22/h5-9H,4H2,1-3H3. The Morgan fingerprint density at radius 3 is 2.27 bits per heavy atom. The quantitative estimate of drug-likeness (QED) is 0.798. The maximum Gasteiger partial charge on any atom is 0.261 e. The van der Waals surface area contributed by atoms with E-state index in [0.717, 1.165) is 0 Å². The Morgan fingerprint density at radius 2 is 1.68 bits per heavy atom. The Kier molecular flexibility index (Phi) is 3.20. The zero-order valence-corrected chi connectivity index (χ0v) is 12.7. The van der Waals surface area contributed by atoms with Crippen LogP contribution in [0.15, 0.2) is 30.3 Å². The van der Waals surface area contributed by atoms with Crippen LogP contribution < -0.4 is 0 Å². The second-order valence-electron chi connectivity index (χ2n) is 5.44. The summed E-state index contributed by atoms with van der Waals surface area (Å²) in [6.07, 6.45) is 0. The summed E-state index contributed by atoms with van der Waals surface area (Å²) in [4.78, 5) is 40.0. The number of nitrogens with zero attached hydrogens (tertiary/aromatic N) is 2. The molecule has 5 heteroatoms. The van der Waals surface area contributed by atoms with Crippen molar-refractivity contribution >= 4 is 28.5 Å². The number of imide groups is 1. The molecule has 0 bridgehead atoms. The molecule has 5 nitrogen and oxygen atoms in total. The summed E-state index contributed by atoms with van der Waals surface area (Å²) in [5, 5.41) is 1.22. The number of hydrogen-bond donors (Lipinski definition) is 0. The van der Waals surface area contributed by atoms with Crippen LogP contribution >= 0.6 is 0 Å². The van der Waals surface area contributed by atoms with Crippen molar-refractivity contribution in [2.45, 2.75) is 6.92 Å². The molecular weight excluding hydrogens is 280 g/mol. The number of carbonyl (C=O) groups is 3. The summed E-state index contributed by atoms with van der Waals surface area (Å²) in [5.74, 6) is -0.762. The van der Waals surface area contributed by atoms with Crippen molar-refractivity contribution in [2.75, 3.05) is 20.6 Å². The summed E-state index contributed by atoms with van der Waals surface area (Å²) in [7, 11) is 3.35. The number of benzene rings is 2. The molecule has 0 saturated heterocycles. The van der Waals surface area contributed by atoms with E-state index in [4.69, 9.17) is 0 Å². The molecule has 2 aromatic rings. The molecule has 3 amide bonds. The molecule has 0 spiro atoms. The van der Waals surface area contributed by atoms with Gasteiger partial charge < -0.3 is 4.90 Å². The van der Waals surface area contributed by atoms with Crippen molar-refractivity contribution < 1.29 is 14.4 Å². The molecule has 22 heavy (non-hydrogen) atoms. The van der Waals surface area contributed by atoms with Gasteiger partial charge in [-0.15, -0.1) is 0 Å². The van der Waals surface area contributed by atoms with E-state index in [9.17, 15) is 14.4 Å². The molecule has 0 aliphatic carbocycles. The monoisotopic (exact) mass is 296 g/mol. The molecule has 3 rings (SSSR count). The molecule has 0 aromatic heterocycles. The average Bonchev–Trinajstić information content (AvgIpc) is 2.51. The summed E-state index contributed by atoms with van der Waals surface area (Å²) < 4.78 is 0. The lowest BCUT2D eigenvalue weighted by Crippen LogP contribution is -2.40. The number of carbonyl (C=O) groups excluding carboxylic acids is 3. The van der Waals surface area contributed by atoms with Crippen LogP contribution in [-0.2, 0) is 0 Å². The topological polar surface area (TPSA) is 57.7 Å². The second-order valence-corrected chi connectivity index (χ2v) is 5.44. The Labute approximate surface area is 128 Å². The van der Waals surface area contributed by atoms with Crippen LogP contribution in [0.25, 0.3) is 10.8 Å². The van der Waals surface area contributed by atoms with Gasteiger partial charge in [-0.3, -0.25) is 19.3 Å². The molecule has 0 saturated carbocycles. The van der Waals surface area contributed by atoms with E-state index in [1.165, 1.54) is 9.80 Å². The largest absolute Gasteiger partial charge is 0.345 e. The molecule has 1 aliphatic heterocycles. The zero-order valence-electron chi connectivity index (χ0n) is 12.7. The van der Waals surface area contributed by atoms with Crippen molar-refractivity contribution in [3.05, 3.63) is 47.0 Å². The van der Waals surface area contributed by atoms with E-state index >= 15 is 0 Å². The van der Waals surface area contributed by atoms with Crippen LogP contribution in [-0.4, -0.2) is 48.2 Å². The first-order valence-corrected chi connectivity index (χ1v) is 7.11. The Morgan fingerprint density at radius 1 is 1.05 bits per heavy atom. The van der Waals surface area contributed by atoms with Gasteiger partial charge in [0.1, 0.15) is 0 Å². The SMILES string of the molecule is CCN1C(=O)c2cccc3c(C(=O)N(C)C)ccc(c23)C1=O. The third-order valence-corrected chi connectivity index (χ3v) is 3.94. The summed E-state index contributed by atoms with van der Waals surface area (Å²) >= 11 is 0. The van der Waals surface area contributed by atoms with Crippen molar-refractivity contribution in [1.29, 1.82) is 0 Å². The van der Waals surface area contributed by atoms with Gasteiger partial charge in [-0.1, -0.05) is 12.1 Å². The predicted molar refractivity (Wildman–Crippen MR) is 83.0 cm³/mol. The van der Waals surface area contributed by atoms with E-state index in [-0.39, 0.29) is 17.7 Å². The van der Waals surface area contributed by atoms with Crippen LogP contribution in [0.5, 0.6) is 0 Å². The molecule has 1 heterocycles. The van der Waals surface area contributed by atoms with Crippen LogP contribution in [0.3, 0.4) is 0 Å². The van der Waals surface area contributed by atoms with Gasteiger partial charge in [-0.25, -0.2) is 0 Å². The van der Waals surface area contributed by atoms with Crippen molar-refractivity contribution in [3.8, 4) is 0 Å². The second kappa shape index (κ2) is 4.94. The first kappa shape index (κ1) is 14.3. The summed E-state index contributed by atoms with van der Waals surface area (Å²) in [5.41, 5.74) is 1.45. The highest BCUT2D eigenvalue weighted by atomic mass is 16.2. The minimum atomic E-state index is -0.306. The molecule has 0 atom stereocenters. The van der Waals surface area contributed by atoms with Crippen LogP contribution in [0, 0.1) is 0 Å². The van der Waals surface area contributed by atoms with Crippen LogP contribution in [0.1, 0.15) is 38.0 Å². The Balaban J connectivity index is 2.36. The van der Waals surface area contributed by atoms with Crippen molar-refractivity contribution in [3.63, 3.8) is 0 Å². The van der Waals surface area contributed by atoms with Gasteiger partial charge in [0.15, 0.2) is 0 Å². The van der Waals surface area contributed by atoms with Gasteiger partial charge >= 0.3 is 0 Å². The van der Waals surface area contributed by atoms with E-state index in [1.807, 2.05) is 0 Å².